The quantitative estimate of drug-likeness (QED) is 0.626. The third-order valence-corrected chi connectivity index (χ3v) is 3.05. The molecule has 6 nitrogen and oxygen atoms in total. The summed E-state index contributed by atoms with van der Waals surface area (Å²) >= 11 is 0. The van der Waals surface area contributed by atoms with E-state index in [-0.39, 0.29) is 6.04 Å². The number of methoxy groups -OCH3 is 2. The van der Waals surface area contributed by atoms with Gasteiger partial charge in [0.15, 0.2) is 5.75 Å². The summed E-state index contributed by atoms with van der Waals surface area (Å²) < 4.78 is 18.0. The van der Waals surface area contributed by atoms with Crippen LogP contribution in [0.4, 0.5) is 0 Å². The molecule has 0 amide bonds. The smallest absolute Gasteiger partial charge is 0.161 e. The molecule has 1 unspecified atom stereocenters. The van der Waals surface area contributed by atoms with Gasteiger partial charge in [0.25, 0.3) is 0 Å². The zero-order chi connectivity index (χ0) is 14.8. The van der Waals surface area contributed by atoms with Crippen LogP contribution in [-0.2, 0) is 16.0 Å². The summed E-state index contributed by atoms with van der Waals surface area (Å²) in [6.07, 6.45) is 2.83. The second-order valence-electron chi connectivity index (χ2n) is 4.49. The van der Waals surface area contributed by atoms with E-state index in [9.17, 15) is 0 Å². The molecule has 6 heteroatoms. The summed E-state index contributed by atoms with van der Waals surface area (Å²) in [5.74, 6) is 0.802. The molecule has 1 atom stereocenters. The fraction of sp³-hybridized carbons (Fsp3) is 0.786. The molecule has 1 heterocycles. The molecular weight excluding hydrogens is 258 g/mol. The number of ether oxygens (including phenoxy) is 3. The normalized spacial score (nSPS) is 12.6. The largest absolute Gasteiger partial charge is 0.493 e. The number of aromatic nitrogens is 2. The van der Waals surface area contributed by atoms with Crippen molar-refractivity contribution in [2.75, 3.05) is 40.6 Å². The summed E-state index contributed by atoms with van der Waals surface area (Å²) in [6.45, 7) is 7.71. The lowest BCUT2D eigenvalue weighted by molar-refractivity contribution is 0.0570. The molecule has 1 aromatic rings. The van der Waals surface area contributed by atoms with Crippen LogP contribution in [0.1, 0.15) is 32.0 Å². The van der Waals surface area contributed by atoms with E-state index in [1.165, 1.54) is 0 Å². The van der Waals surface area contributed by atoms with E-state index in [0.717, 1.165) is 31.0 Å². The van der Waals surface area contributed by atoms with Crippen LogP contribution in [0.25, 0.3) is 0 Å². The Bertz CT molecular complexity index is 347. The minimum absolute atomic E-state index is 0.0733. The molecule has 0 aromatic carbocycles. The van der Waals surface area contributed by atoms with Crippen molar-refractivity contribution in [3.05, 3.63) is 11.9 Å². The van der Waals surface area contributed by atoms with E-state index >= 15 is 0 Å². The first kappa shape index (κ1) is 16.9. The average molecular weight is 285 g/mol. The Morgan fingerprint density at radius 1 is 1.30 bits per heavy atom. The molecule has 0 saturated carbocycles. The minimum atomic E-state index is 0.0733. The van der Waals surface area contributed by atoms with Crippen molar-refractivity contribution in [1.82, 2.24) is 15.1 Å². The number of hydrogen-bond donors (Lipinski definition) is 1. The molecule has 0 aliphatic carbocycles. The summed E-state index contributed by atoms with van der Waals surface area (Å²) in [6, 6.07) is 0.0733. The number of aryl methyl sites for hydroxylation is 1. The molecule has 0 aliphatic heterocycles. The highest BCUT2D eigenvalue weighted by Gasteiger charge is 2.21. The molecule has 0 saturated heterocycles. The van der Waals surface area contributed by atoms with Crippen LogP contribution in [-0.4, -0.2) is 50.4 Å². The van der Waals surface area contributed by atoms with Crippen LogP contribution in [0.15, 0.2) is 6.20 Å². The fourth-order valence-corrected chi connectivity index (χ4v) is 2.04. The first-order chi connectivity index (χ1) is 9.78. The van der Waals surface area contributed by atoms with Crippen molar-refractivity contribution in [3.8, 4) is 5.75 Å². The third kappa shape index (κ3) is 4.77. The highest BCUT2D eigenvalue weighted by atomic mass is 16.5. The zero-order valence-corrected chi connectivity index (χ0v) is 13.0. The first-order valence-corrected chi connectivity index (χ1v) is 7.18. The predicted octanol–water partition coefficient (Wildman–Crippen LogP) is 1.62. The monoisotopic (exact) mass is 285 g/mol. The van der Waals surface area contributed by atoms with Gasteiger partial charge in [0, 0.05) is 13.7 Å². The van der Waals surface area contributed by atoms with E-state index in [1.807, 2.05) is 4.68 Å². The van der Waals surface area contributed by atoms with Crippen molar-refractivity contribution >= 4 is 0 Å². The molecule has 1 N–H and O–H groups in total. The molecule has 20 heavy (non-hydrogen) atoms. The Morgan fingerprint density at radius 2 is 2.10 bits per heavy atom. The Hall–Kier alpha value is -1.11. The lowest BCUT2D eigenvalue weighted by Crippen LogP contribution is -2.29. The molecular formula is C14H27N3O3. The van der Waals surface area contributed by atoms with Crippen LogP contribution >= 0.6 is 0 Å². The van der Waals surface area contributed by atoms with Crippen molar-refractivity contribution in [2.24, 2.45) is 0 Å². The van der Waals surface area contributed by atoms with Crippen molar-refractivity contribution < 1.29 is 14.2 Å². The van der Waals surface area contributed by atoms with Gasteiger partial charge in [0.2, 0.25) is 0 Å². The van der Waals surface area contributed by atoms with Gasteiger partial charge in [-0.15, -0.1) is 0 Å². The highest BCUT2D eigenvalue weighted by molar-refractivity contribution is 5.28. The molecule has 0 radical (unpaired) electrons. The van der Waals surface area contributed by atoms with Crippen LogP contribution < -0.4 is 10.1 Å². The van der Waals surface area contributed by atoms with Gasteiger partial charge in [-0.3, -0.25) is 4.68 Å². The zero-order valence-electron chi connectivity index (χ0n) is 13.0. The highest BCUT2D eigenvalue weighted by Crippen LogP contribution is 2.25. The molecule has 116 valence electrons. The second-order valence-corrected chi connectivity index (χ2v) is 4.49. The SMILES string of the molecule is CCCNC(COCCOC)c1c(OC)cnn1CC. The maximum atomic E-state index is 5.67. The second kappa shape index (κ2) is 9.74. The van der Waals surface area contributed by atoms with Crippen LogP contribution in [0, 0.1) is 0 Å². The number of rotatable bonds is 11. The summed E-state index contributed by atoms with van der Waals surface area (Å²) in [5.41, 5.74) is 1.04. The lowest BCUT2D eigenvalue weighted by Gasteiger charge is -2.20. The summed E-state index contributed by atoms with van der Waals surface area (Å²) in [7, 11) is 3.34. The molecule has 0 spiro atoms. The van der Waals surface area contributed by atoms with Gasteiger partial charge in [0.05, 0.1) is 44.9 Å². The molecule has 1 aromatic heterocycles. The Labute approximate surface area is 121 Å². The summed E-state index contributed by atoms with van der Waals surface area (Å²) in [4.78, 5) is 0. The first-order valence-electron chi connectivity index (χ1n) is 7.18. The van der Waals surface area contributed by atoms with Crippen LogP contribution in [0.2, 0.25) is 0 Å². The molecule has 0 fully saturated rings. The Kier molecular flexibility index (Phi) is 8.25. The maximum absolute atomic E-state index is 5.67. The van der Waals surface area contributed by atoms with Crippen molar-refractivity contribution in [1.29, 1.82) is 0 Å². The van der Waals surface area contributed by atoms with Gasteiger partial charge >= 0.3 is 0 Å². The fourth-order valence-electron chi connectivity index (χ4n) is 2.04. The Balaban J connectivity index is 2.77. The topological polar surface area (TPSA) is 57.5 Å². The molecule has 0 aliphatic rings. The van der Waals surface area contributed by atoms with E-state index in [0.29, 0.717) is 19.8 Å². The number of hydrogen-bond acceptors (Lipinski definition) is 5. The maximum Gasteiger partial charge on any atom is 0.161 e. The summed E-state index contributed by atoms with van der Waals surface area (Å²) in [5, 5.41) is 7.84. The third-order valence-electron chi connectivity index (χ3n) is 3.05. The molecule has 0 bridgehead atoms. The van der Waals surface area contributed by atoms with Gasteiger partial charge < -0.3 is 19.5 Å². The standard InChI is InChI=1S/C14H27N3O3/c1-5-7-15-12(11-20-9-8-18-3)14-13(19-4)10-16-17(14)6-2/h10,12,15H,5-9,11H2,1-4H3. The minimum Gasteiger partial charge on any atom is -0.493 e. The van der Waals surface area contributed by atoms with E-state index in [1.54, 1.807) is 20.4 Å². The average Bonchev–Trinajstić information content (AvgIpc) is 2.89. The van der Waals surface area contributed by atoms with Crippen LogP contribution in [0.3, 0.4) is 0 Å². The van der Waals surface area contributed by atoms with Gasteiger partial charge in [0.1, 0.15) is 0 Å². The predicted molar refractivity (Wildman–Crippen MR) is 78.2 cm³/mol. The van der Waals surface area contributed by atoms with Crippen LogP contribution in [0.5, 0.6) is 5.75 Å². The van der Waals surface area contributed by atoms with Gasteiger partial charge in [-0.25, -0.2) is 0 Å². The van der Waals surface area contributed by atoms with Gasteiger partial charge in [-0.2, -0.15) is 5.10 Å². The van der Waals surface area contributed by atoms with Crippen molar-refractivity contribution in [2.45, 2.75) is 32.9 Å². The van der Waals surface area contributed by atoms with Gasteiger partial charge in [-0.05, 0) is 19.9 Å². The number of nitrogens with zero attached hydrogens (tertiary/aromatic N) is 2. The Morgan fingerprint density at radius 3 is 2.70 bits per heavy atom. The number of nitrogens with one attached hydrogen (secondary N) is 1. The molecule has 1 rings (SSSR count). The van der Waals surface area contributed by atoms with E-state index in [4.69, 9.17) is 14.2 Å². The van der Waals surface area contributed by atoms with Gasteiger partial charge in [-0.1, -0.05) is 6.92 Å². The lowest BCUT2D eigenvalue weighted by atomic mass is 10.2. The van der Waals surface area contributed by atoms with E-state index in [2.05, 4.69) is 24.3 Å². The van der Waals surface area contributed by atoms with E-state index < -0.39 is 0 Å². The van der Waals surface area contributed by atoms with Crippen molar-refractivity contribution in [3.63, 3.8) is 0 Å².